The molecule has 1 fully saturated rings. The third-order valence-electron chi connectivity index (χ3n) is 4.43. The number of carboxylic acids is 1. The van der Waals surface area contributed by atoms with Gasteiger partial charge in [0, 0.05) is 16.9 Å². The van der Waals surface area contributed by atoms with Crippen molar-refractivity contribution in [3.8, 4) is 5.75 Å². The van der Waals surface area contributed by atoms with Crippen LogP contribution in [-0.4, -0.2) is 40.6 Å². The molecular formula is C19H27NO4S. The number of nitrogens with one attached hydrogen (secondary N) is 1. The van der Waals surface area contributed by atoms with Gasteiger partial charge >= 0.3 is 5.97 Å². The summed E-state index contributed by atoms with van der Waals surface area (Å²) in [5.74, 6) is 0.568. The summed E-state index contributed by atoms with van der Waals surface area (Å²) in [4.78, 5) is 23.3. The second-order valence-electron chi connectivity index (χ2n) is 6.54. The number of aliphatic carboxylic acids is 1. The first-order valence-corrected chi connectivity index (χ1v) is 9.83. The van der Waals surface area contributed by atoms with Crippen LogP contribution in [0.3, 0.4) is 0 Å². The number of amides is 1. The number of ether oxygens (including phenoxy) is 1. The van der Waals surface area contributed by atoms with E-state index < -0.39 is 5.97 Å². The molecule has 2 N–H and O–H groups in total. The molecule has 0 heterocycles. The molecule has 0 radical (unpaired) electrons. The molecular weight excluding hydrogens is 338 g/mol. The van der Waals surface area contributed by atoms with E-state index in [-0.39, 0.29) is 18.6 Å². The normalized spacial score (nSPS) is 20.1. The Hall–Kier alpha value is -1.69. The van der Waals surface area contributed by atoms with E-state index in [4.69, 9.17) is 9.84 Å². The van der Waals surface area contributed by atoms with Gasteiger partial charge in [-0.05, 0) is 62.1 Å². The van der Waals surface area contributed by atoms with Crippen molar-refractivity contribution < 1.29 is 19.4 Å². The first kappa shape index (κ1) is 19.6. The summed E-state index contributed by atoms with van der Waals surface area (Å²) in [6, 6.07) is 3.76. The molecule has 1 aromatic rings. The van der Waals surface area contributed by atoms with Crippen molar-refractivity contribution in [1.29, 1.82) is 0 Å². The van der Waals surface area contributed by atoms with Crippen LogP contribution in [0.1, 0.15) is 54.1 Å². The molecule has 0 aromatic heterocycles. The minimum Gasteiger partial charge on any atom is -0.481 e. The van der Waals surface area contributed by atoms with Crippen LogP contribution < -0.4 is 10.1 Å². The number of thioether (sulfide) groups is 1. The third kappa shape index (κ3) is 5.66. The molecule has 138 valence electrons. The van der Waals surface area contributed by atoms with E-state index in [1.54, 1.807) is 12.1 Å². The van der Waals surface area contributed by atoms with Crippen molar-refractivity contribution in [2.45, 2.75) is 57.7 Å². The Morgan fingerprint density at radius 2 is 1.96 bits per heavy atom. The fourth-order valence-electron chi connectivity index (χ4n) is 3.37. The molecule has 1 saturated carbocycles. The number of aryl methyl sites for hydroxylation is 2. The third-order valence-corrected chi connectivity index (χ3v) is 5.66. The second-order valence-corrected chi connectivity index (χ2v) is 8.11. The molecule has 0 saturated heterocycles. The minimum atomic E-state index is -1.02. The highest BCUT2D eigenvalue weighted by molar-refractivity contribution is 7.99. The molecule has 2 rings (SSSR count). The predicted molar refractivity (Wildman–Crippen MR) is 101 cm³/mol. The number of carboxylic acid groups (broad SMARTS) is 1. The highest BCUT2D eigenvalue weighted by Crippen LogP contribution is 2.29. The number of carbonyl (C=O) groups excluding carboxylic acids is 1. The first-order chi connectivity index (χ1) is 11.9. The summed E-state index contributed by atoms with van der Waals surface area (Å²) in [6.45, 7) is 5.45. The quantitative estimate of drug-likeness (QED) is 0.773. The Morgan fingerprint density at radius 3 is 2.56 bits per heavy atom. The van der Waals surface area contributed by atoms with Gasteiger partial charge in [0.1, 0.15) is 5.75 Å². The van der Waals surface area contributed by atoms with Crippen LogP contribution in [0.2, 0.25) is 0 Å². The second kappa shape index (κ2) is 9.13. The van der Waals surface area contributed by atoms with Crippen LogP contribution >= 0.6 is 11.8 Å². The van der Waals surface area contributed by atoms with E-state index in [0.29, 0.717) is 16.6 Å². The molecule has 1 aromatic carbocycles. The highest BCUT2D eigenvalue weighted by atomic mass is 32.2. The zero-order valence-electron chi connectivity index (χ0n) is 15.1. The van der Waals surface area contributed by atoms with Crippen LogP contribution in [-0.2, 0) is 4.79 Å². The van der Waals surface area contributed by atoms with Crippen molar-refractivity contribution in [3.05, 3.63) is 28.8 Å². The summed E-state index contributed by atoms with van der Waals surface area (Å²) < 4.78 is 5.32. The van der Waals surface area contributed by atoms with Gasteiger partial charge in [0.15, 0.2) is 6.61 Å². The van der Waals surface area contributed by atoms with Gasteiger partial charge in [-0.2, -0.15) is 11.8 Å². The van der Waals surface area contributed by atoms with Crippen molar-refractivity contribution in [3.63, 3.8) is 0 Å². The van der Waals surface area contributed by atoms with Gasteiger partial charge in [0.25, 0.3) is 5.91 Å². The van der Waals surface area contributed by atoms with Gasteiger partial charge < -0.3 is 15.2 Å². The average Bonchev–Trinajstić information content (AvgIpc) is 2.54. The lowest BCUT2D eigenvalue weighted by molar-refractivity contribution is -0.139. The topological polar surface area (TPSA) is 75.6 Å². The van der Waals surface area contributed by atoms with E-state index in [2.05, 4.69) is 12.2 Å². The Balaban J connectivity index is 2.03. The van der Waals surface area contributed by atoms with Gasteiger partial charge in [-0.1, -0.05) is 13.3 Å². The molecule has 6 heteroatoms. The molecule has 1 amide bonds. The van der Waals surface area contributed by atoms with E-state index in [1.165, 1.54) is 6.42 Å². The zero-order chi connectivity index (χ0) is 18.4. The maximum absolute atomic E-state index is 12.6. The molecule has 5 nitrogen and oxygen atoms in total. The van der Waals surface area contributed by atoms with Crippen molar-refractivity contribution >= 4 is 23.6 Å². The van der Waals surface area contributed by atoms with Gasteiger partial charge in [0.2, 0.25) is 0 Å². The molecule has 2 atom stereocenters. The summed E-state index contributed by atoms with van der Waals surface area (Å²) in [5, 5.41) is 12.5. The first-order valence-electron chi connectivity index (χ1n) is 8.79. The maximum atomic E-state index is 12.6. The van der Waals surface area contributed by atoms with Gasteiger partial charge in [-0.15, -0.1) is 0 Å². The number of hydrogen-bond donors (Lipinski definition) is 2. The van der Waals surface area contributed by atoms with E-state index in [1.807, 2.05) is 25.6 Å². The molecule has 0 spiro atoms. The summed E-state index contributed by atoms with van der Waals surface area (Å²) in [5.41, 5.74) is 2.15. The van der Waals surface area contributed by atoms with Crippen molar-refractivity contribution in [2.75, 3.05) is 12.4 Å². The summed E-state index contributed by atoms with van der Waals surface area (Å²) >= 11 is 1.98. The van der Waals surface area contributed by atoms with Crippen LogP contribution in [0.25, 0.3) is 0 Å². The number of carbonyl (C=O) groups is 2. The Labute approximate surface area is 153 Å². The molecule has 0 aliphatic heterocycles. The fourth-order valence-corrected chi connectivity index (χ4v) is 4.55. The SMILES string of the molecule is CCSC1CCCC(NC(=O)c2cc(C)c(OCC(=O)O)c(C)c2)C1. The van der Waals surface area contributed by atoms with Crippen LogP contribution in [0.5, 0.6) is 5.75 Å². The minimum absolute atomic E-state index is 0.0665. The Kier molecular flexibility index (Phi) is 7.17. The lowest BCUT2D eigenvalue weighted by atomic mass is 9.94. The number of benzene rings is 1. The smallest absolute Gasteiger partial charge is 0.341 e. The lowest BCUT2D eigenvalue weighted by Gasteiger charge is -2.29. The standard InChI is InChI=1S/C19H27NO4S/c1-4-25-16-7-5-6-15(10-16)20-19(23)14-8-12(2)18(13(3)9-14)24-11-17(21)22/h8-9,15-16H,4-7,10-11H2,1-3H3,(H,20,23)(H,21,22). The largest absolute Gasteiger partial charge is 0.481 e. The average molecular weight is 365 g/mol. The molecule has 1 aliphatic rings. The molecule has 25 heavy (non-hydrogen) atoms. The van der Waals surface area contributed by atoms with Crippen molar-refractivity contribution in [1.82, 2.24) is 5.32 Å². The fraction of sp³-hybridized carbons (Fsp3) is 0.579. The van der Waals surface area contributed by atoms with Crippen LogP contribution in [0.4, 0.5) is 0 Å². The monoisotopic (exact) mass is 365 g/mol. The molecule has 0 bridgehead atoms. The van der Waals surface area contributed by atoms with Crippen molar-refractivity contribution in [2.24, 2.45) is 0 Å². The lowest BCUT2D eigenvalue weighted by Crippen LogP contribution is -2.39. The van der Waals surface area contributed by atoms with E-state index >= 15 is 0 Å². The van der Waals surface area contributed by atoms with Crippen LogP contribution in [0, 0.1) is 13.8 Å². The Morgan fingerprint density at radius 1 is 1.28 bits per heavy atom. The summed E-state index contributed by atoms with van der Waals surface area (Å²) in [7, 11) is 0. The maximum Gasteiger partial charge on any atom is 0.341 e. The molecule has 2 unspecified atom stereocenters. The zero-order valence-corrected chi connectivity index (χ0v) is 15.9. The van der Waals surface area contributed by atoms with Gasteiger partial charge in [0.05, 0.1) is 0 Å². The Bertz CT molecular complexity index is 607. The predicted octanol–water partition coefficient (Wildman–Crippen LogP) is 3.56. The molecule has 1 aliphatic carbocycles. The number of hydrogen-bond acceptors (Lipinski definition) is 4. The number of rotatable bonds is 7. The summed E-state index contributed by atoms with van der Waals surface area (Å²) in [6.07, 6.45) is 4.45. The highest BCUT2D eigenvalue weighted by Gasteiger charge is 2.24. The van der Waals surface area contributed by atoms with Crippen LogP contribution in [0.15, 0.2) is 12.1 Å². The van der Waals surface area contributed by atoms with E-state index in [0.717, 1.165) is 36.1 Å². The van der Waals surface area contributed by atoms with Gasteiger partial charge in [-0.3, -0.25) is 4.79 Å². The van der Waals surface area contributed by atoms with E-state index in [9.17, 15) is 9.59 Å². The van der Waals surface area contributed by atoms with Gasteiger partial charge in [-0.25, -0.2) is 4.79 Å².